The highest BCUT2D eigenvalue weighted by molar-refractivity contribution is 5.28. The van der Waals surface area contributed by atoms with Gasteiger partial charge in [-0.3, -0.25) is 0 Å². The van der Waals surface area contributed by atoms with Crippen LogP contribution in [0.4, 0.5) is 4.39 Å². The van der Waals surface area contributed by atoms with Crippen molar-refractivity contribution in [1.82, 2.24) is 5.32 Å². The van der Waals surface area contributed by atoms with Gasteiger partial charge in [-0.1, -0.05) is 43.3 Å². The lowest BCUT2D eigenvalue weighted by molar-refractivity contribution is 0.588. The molecule has 0 aliphatic carbocycles. The molecule has 0 fully saturated rings. The Labute approximate surface area is 120 Å². The molecule has 1 atom stereocenters. The van der Waals surface area contributed by atoms with Crippen molar-refractivity contribution in [3.8, 4) is 0 Å². The van der Waals surface area contributed by atoms with Crippen LogP contribution < -0.4 is 5.32 Å². The zero-order valence-electron chi connectivity index (χ0n) is 12.2. The normalized spacial score (nSPS) is 12.3. The van der Waals surface area contributed by atoms with Crippen molar-refractivity contribution in [3.63, 3.8) is 0 Å². The van der Waals surface area contributed by atoms with Crippen LogP contribution in [0.25, 0.3) is 0 Å². The van der Waals surface area contributed by atoms with Crippen molar-refractivity contribution in [3.05, 3.63) is 71.0 Å². The molecule has 0 spiro atoms. The molecule has 2 heteroatoms. The van der Waals surface area contributed by atoms with Gasteiger partial charge in [0.05, 0.1) is 0 Å². The highest BCUT2D eigenvalue weighted by Gasteiger charge is 2.12. The summed E-state index contributed by atoms with van der Waals surface area (Å²) in [4.78, 5) is 0. The summed E-state index contributed by atoms with van der Waals surface area (Å²) in [5.74, 6) is 0.229. The summed E-state index contributed by atoms with van der Waals surface area (Å²) < 4.78 is 13.5. The van der Waals surface area contributed by atoms with E-state index in [2.05, 4.69) is 42.6 Å². The van der Waals surface area contributed by atoms with Gasteiger partial charge in [-0.2, -0.15) is 0 Å². The third kappa shape index (κ3) is 4.17. The van der Waals surface area contributed by atoms with Crippen LogP contribution in [0.3, 0.4) is 0 Å². The summed E-state index contributed by atoms with van der Waals surface area (Å²) in [6.07, 6.45) is 0.857. The first-order chi connectivity index (χ1) is 9.69. The summed E-state index contributed by atoms with van der Waals surface area (Å²) in [6, 6.07) is 15.7. The molecule has 2 rings (SSSR count). The number of benzene rings is 2. The van der Waals surface area contributed by atoms with Crippen molar-refractivity contribution in [2.24, 2.45) is 0 Å². The molecule has 0 aliphatic heterocycles. The Morgan fingerprint density at radius 3 is 2.50 bits per heavy atom. The first kappa shape index (κ1) is 14.7. The Balaban J connectivity index is 2.19. The van der Waals surface area contributed by atoms with E-state index in [1.165, 1.54) is 5.56 Å². The largest absolute Gasteiger partial charge is 0.316 e. The molecule has 2 aromatic carbocycles. The Hall–Kier alpha value is -1.67. The van der Waals surface area contributed by atoms with Gasteiger partial charge in [-0.05, 0) is 48.7 Å². The minimum absolute atomic E-state index is 0.143. The SMILES string of the molecule is CCNCC(Cc1cc(C)cc(F)c1)c1ccccc1. The van der Waals surface area contributed by atoms with Gasteiger partial charge in [0.25, 0.3) is 0 Å². The van der Waals surface area contributed by atoms with Gasteiger partial charge in [0, 0.05) is 12.5 Å². The Morgan fingerprint density at radius 2 is 1.85 bits per heavy atom. The lowest BCUT2D eigenvalue weighted by atomic mass is 9.91. The molecule has 1 N–H and O–H groups in total. The molecule has 0 radical (unpaired) electrons. The lowest BCUT2D eigenvalue weighted by Gasteiger charge is -2.18. The second kappa shape index (κ2) is 7.20. The number of aryl methyl sites for hydroxylation is 1. The van der Waals surface area contributed by atoms with Gasteiger partial charge in [-0.25, -0.2) is 4.39 Å². The topological polar surface area (TPSA) is 12.0 Å². The van der Waals surface area contributed by atoms with Crippen molar-refractivity contribution >= 4 is 0 Å². The second-order valence-electron chi connectivity index (χ2n) is 5.26. The first-order valence-electron chi connectivity index (χ1n) is 7.20. The maximum atomic E-state index is 13.5. The molecule has 0 aliphatic rings. The van der Waals surface area contributed by atoms with E-state index in [-0.39, 0.29) is 5.82 Å². The van der Waals surface area contributed by atoms with Gasteiger partial charge in [0.15, 0.2) is 0 Å². The molecule has 0 saturated heterocycles. The average molecular weight is 271 g/mol. The highest BCUT2D eigenvalue weighted by atomic mass is 19.1. The number of nitrogens with one attached hydrogen (secondary N) is 1. The molecule has 0 aromatic heterocycles. The summed E-state index contributed by atoms with van der Waals surface area (Å²) in [5.41, 5.74) is 3.35. The van der Waals surface area contributed by atoms with Crippen LogP contribution >= 0.6 is 0 Å². The molecule has 0 heterocycles. The zero-order chi connectivity index (χ0) is 14.4. The third-order valence-electron chi connectivity index (χ3n) is 3.50. The molecule has 0 bridgehead atoms. The van der Waals surface area contributed by atoms with Crippen molar-refractivity contribution in [2.45, 2.75) is 26.2 Å². The van der Waals surface area contributed by atoms with Gasteiger partial charge in [0.1, 0.15) is 5.82 Å². The van der Waals surface area contributed by atoms with E-state index in [9.17, 15) is 4.39 Å². The Kier molecular flexibility index (Phi) is 5.31. The smallest absolute Gasteiger partial charge is 0.123 e. The van der Waals surface area contributed by atoms with Crippen LogP contribution in [0.1, 0.15) is 29.5 Å². The van der Waals surface area contributed by atoms with E-state index in [1.54, 1.807) is 12.1 Å². The van der Waals surface area contributed by atoms with Crippen LogP contribution in [0.2, 0.25) is 0 Å². The number of halogens is 1. The summed E-state index contributed by atoms with van der Waals surface area (Å²) >= 11 is 0. The molecule has 1 nitrogen and oxygen atoms in total. The monoisotopic (exact) mass is 271 g/mol. The predicted molar refractivity (Wildman–Crippen MR) is 82.6 cm³/mol. The van der Waals surface area contributed by atoms with Crippen molar-refractivity contribution < 1.29 is 4.39 Å². The van der Waals surface area contributed by atoms with Crippen LogP contribution in [0.5, 0.6) is 0 Å². The van der Waals surface area contributed by atoms with E-state index in [4.69, 9.17) is 0 Å². The van der Waals surface area contributed by atoms with Crippen LogP contribution in [-0.2, 0) is 6.42 Å². The number of likely N-dealkylation sites (N-methyl/N-ethyl adjacent to an activating group) is 1. The standard InChI is InChI=1S/C18H22FN/c1-3-20-13-17(16-7-5-4-6-8-16)11-15-9-14(2)10-18(19)12-15/h4-10,12,17,20H,3,11,13H2,1-2H3. The second-order valence-corrected chi connectivity index (χ2v) is 5.26. The van der Waals surface area contributed by atoms with E-state index in [1.807, 2.05) is 13.0 Å². The van der Waals surface area contributed by atoms with Crippen molar-refractivity contribution in [1.29, 1.82) is 0 Å². The minimum Gasteiger partial charge on any atom is -0.316 e. The highest BCUT2D eigenvalue weighted by Crippen LogP contribution is 2.21. The number of hydrogen-bond donors (Lipinski definition) is 1. The Morgan fingerprint density at radius 1 is 1.10 bits per heavy atom. The molecule has 20 heavy (non-hydrogen) atoms. The molecule has 1 unspecified atom stereocenters. The third-order valence-corrected chi connectivity index (χ3v) is 3.50. The Bertz CT molecular complexity index is 516. The number of hydrogen-bond acceptors (Lipinski definition) is 1. The van der Waals surface area contributed by atoms with E-state index in [0.29, 0.717) is 5.92 Å². The summed E-state index contributed by atoms with van der Waals surface area (Å²) in [6.45, 7) is 5.91. The maximum absolute atomic E-state index is 13.5. The van der Waals surface area contributed by atoms with E-state index in [0.717, 1.165) is 30.6 Å². The van der Waals surface area contributed by atoms with Gasteiger partial charge in [-0.15, -0.1) is 0 Å². The fourth-order valence-electron chi connectivity index (χ4n) is 2.57. The quantitative estimate of drug-likeness (QED) is 0.835. The van der Waals surface area contributed by atoms with Crippen molar-refractivity contribution in [2.75, 3.05) is 13.1 Å². The molecular formula is C18H22FN. The fraction of sp³-hybridized carbons (Fsp3) is 0.333. The van der Waals surface area contributed by atoms with E-state index < -0.39 is 0 Å². The fourth-order valence-corrected chi connectivity index (χ4v) is 2.57. The average Bonchev–Trinajstić information content (AvgIpc) is 2.43. The number of rotatable bonds is 6. The van der Waals surface area contributed by atoms with Gasteiger partial charge >= 0.3 is 0 Å². The summed E-state index contributed by atoms with van der Waals surface area (Å²) in [7, 11) is 0. The van der Waals surface area contributed by atoms with Gasteiger partial charge in [0.2, 0.25) is 0 Å². The van der Waals surface area contributed by atoms with Gasteiger partial charge < -0.3 is 5.32 Å². The molecule has 0 amide bonds. The maximum Gasteiger partial charge on any atom is 0.123 e. The van der Waals surface area contributed by atoms with E-state index >= 15 is 0 Å². The lowest BCUT2D eigenvalue weighted by Crippen LogP contribution is -2.22. The van der Waals surface area contributed by atoms with Crippen LogP contribution in [0, 0.1) is 12.7 Å². The summed E-state index contributed by atoms with van der Waals surface area (Å²) in [5, 5.41) is 3.40. The first-order valence-corrected chi connectivity index (χ1v) is 7.20. The van der Waals surface area contributed by atoms with Crippen LogP contribution in [0.15, 0.2) is 48.5 Å². The zero-order valence-corrected chi connectivity index (χ0v) is 12.2. The molecular weight excluding hydrogens is 249 g/mol. The molecule has 0 saturated carbocycles. The minimum atomic E-state index is -0.143. The van der Waals surface area contributed by atoms with Crippen LogP contribution in [-0.4, -0.2) is 13.1 Å². The predicted octanol–water partition coefficient (Wildman–Crippen LogP) is 4.07. The molecule has 106 valence electrons. The molecule has 2 aromatic rings.